The highest BCUT2D eigenvalue weighted by Gasteiger charge is 2.44. The maximum atomic E-state index is 9.76. The molecule has 0 saturated heterocycles. The first-order chi connectivity index (χ1) is 25.6. The second-order valence-corrected chi connectivity index (χ2v) is 14.2. The first-order valence-corrected chi connectivity index (χ1v) is 17.9. The van der Waals surface area contributed by atoms with Crippen LogP contribution in [-0.2, 0) is 5.41 Å². The Balaban J connectivity index is 1.11. The Morgan fingerprint density at radius 3 is 1.62 bits per heavy atom. The van der Waals surface area contributed by atoms with Gasteiger partial charge < -0.3 is 8.83 Å². The highest BCUT2D eigenvalue weighted by molar-refractivity contribution is 6.06. The van der Waals surface area contributed by atoms with Gasteiger partial charge in [-0.2, -0.15) is 5.26 Å². The van der Waals surface area contributed by atoms with Crippen molar-refractivity contribution in [3.8, 4) is 51.4 Å². The van der Waals surface area contributed by atoms with E-state index in [0.717, 1.165) is 73.4 Å². The van der Waals surface area contributed by atoms with Crippen LogP contribution in [0.4, 0.5) is 0 Å². The Kier molecular flexibility index (Phi) is 6.15. The number of rotatable bonds is 3. The molecule has 6 heteroatoms. The molecular weight excluding hydrogens is 641 g/mol. The molecule has 3 heterocycles. The summed E-state index contributed by atoms with van der Waals surface area (Å²) in [4.78, 5) is 15.4. The molecule has 6 aromatic carbocycles. The Hall–Kier alpha value is -6.58. The van der Waals surface area contributed by atoms with Crippen LogP contribution in [0.25, 0.3) is 89.2 Å². The molecule has 11 rings (SSSR count). The summed E-state index contributed by atoms with van der Waals surface area (Å²) in [5.74, 6) is 1.75. The number of benzene rings is 6. The van der Waals surface area contributed by atoms with Crippen LogP contribution in [0, 0.1) is 11.3 Å². The van der Waals surface area contributed by atoms with Gasteiger partial charge in [-0.05, 0) is 89.7 Å². The van der Waals surface area contributed by atoms with Gasteiger partial charge in [-0.15, -0.1) is 0 Å². The number of nitrogens with zero attached hydrogens (tertiary/aromatic N) is 4. The second kappa shape index (κ2) is 11.0. The van der Waals surface area contributed by atoms with Crippen LogP contribution in [0.3, 0.4) is 0 Å². The van der Waals surface area contributed by atoms with E-state index in [1.807, 2.05) is 54.6 Å². The van der Waals surface area contributed by atoms with Gasteiger partial charge >= 0.3 is 0 Å². The lowest BCUT2D eigenvalue weighted by Gasteiger charge is -2.36. The summed E-state index contributed by atoms with van der Waals surface area (Å²) in [7, 11) is 0. The number of nitriles is 1. The quantitative estimate of drug-likeness (QED) is 0.186. The van der Waals surface area contributed by atoms with Gasteiger partial charge in [0.1, 0.15) is 22.3 Å². The van der Waals surface area contributed by atoms with Crippen molar-refractivity contribution in [2.45, 2.75) is 37.5 Å². The highest BCUT2D eigenvalue weighted by Crippen LogP contribution is 2.56. The summed E-state index contributed by atoms with van der Waals surface area (Å²) in [5.41, 5.74) is 11.6. The fraction of sp³-hybridized carbons (Fsp3) is 0.130. The van der Waals surface area contributed by atoms with Crippen molar-refractivity contribution in [2.24, 2.45) is 0 Å². The fourth-order valence-corrected chi connectivity index (χ4v) is 8.90. The molecule has 1 fully saturated rings. The van der Waals surface area contributed by atoms with Crippen LogP contribution in [-0.4, -0.2) is 15.0 Å². The van der Waals surface area contributed by atoms with Gasteiger partial charge in [0, 0.05) is 43.7 Å². The molecule has 0 N–H and O–H groups in total. The van der Waals surface area contributed by atoms with E-state index < -0.39 is 0 Å². The van der Waals surface area contributed by atoms with E-state index in [-0.39, 0.29) is 5.41 Å². The molecule has 2 aliphatic rings. The molecule has 9 aromatic rings. The molecule has 1 spiro atoms. The van der Waals surface area contributed by atoms with Gasteiger partial charge in [0.05, 0.1) is 11.6 Å². The smallest absolute Gasteiger partial charge is 0.164 e. The SMILES string of the molecule is N#Cc1ccc2c(c1)-c1ccc(-c3nc(-c4ccc5c(c4)oc4ccccc45)nc(-c4ccc5c(c4)oc4ccccc45)n3)cc1C21CCCCC1. The van der Waals surface area contributed by atoms with E-state index in [9.17, 15) is 5.26 Å². The molecule has 0 amide bonds. The lowest BCUT2D eigenvalue weighted by molar-refractivity contribution is 0.353. The standard InChI is InChI=1S/C46H30N4O2/c47-26-27-12-19-37-36(22-27)31-16-13-28(23-38(31)46(37)20-6-1-7-21-46)43-48-44(29-14-17-34-32-8-2-4-10-39(32)51-41(34)24-29)50-45(49-43)30-15-18-35-33-9-3-5-11-40(33)52-42(35)25-30/h2-5,8-19,22-25H,1,6-7,20-21H2. The summed E-state index contributed by atoms with van der Waals surface area (Å²) in [5, 5.41) is 14.0. The summed E-state index contributed by atoms with van der Waals surface area (Å²) in [6, 6.07) is 43.8. The Morgan fingerprint density at radius 1 is 0.481 bits per heavy atom. The highest BCUT2D eigenvalue weighted by atomic mass is 16.3. The third-order valence-electron chi connectivity index (χ3n) is 11.4. The molecule has 0 radical (unpaired) electrons. The van der Waals surface area contributed by atoms with Crippen molar-refractivity contribution in [3.05, 3.63) is 138 Å². The minimum atomic E-state index is -0.0791. The molecule has 52 heavy (non-hydrogen) atoms. The topological polar surface area (TPSA) is 88.7 Å². The lowest BCUT2D eigenvalue weighted by atomic mass is 9.67. The molecule has 6 nitrogen and oxygen atoms in total. The third-order valence-corrected chi connectivity index (χ3v) is 11.4. The average Bonchev–Trinajstić information content (AvgIpc) is 3.85. The van der Waals surface area contributed by atoms with Gasteiger partial charge in [-0.25, -0.2) is 15.0 Å². The zero-order chi connectivity index (χ0) is 34.4. The predicted molar refractivity (Wildman–Crippen MR) is 205 cm³/mol. The molecule has 3 aromatic heterocycles. The molecular formula is C46H30N4O2. The molecule has 0 aliphatic heterocycles. The molecule has 0 bridgehead atoms. The van der Waals surface area contributed by atoms with Gasteiger partial charge in [0.25, 0.3) is 0 Å². The molecule has 0 unspecified atom stereocenters. The number of furan rings is 2. The van der Waals surface area contributed by atoms with E-state index in [2.05, 4.69) is 72.8 Å². The average molecular weight is 671 g/mol. The maximum Gasteiger partial charge on any atom is 0.164 e. The number of hydrogen-bond acceptors (Lipinski definition) is 6. The van der Waals surface area contributed by atoms with E-state index in [1.165, 1.54) is 41.5 Å². The Labute approximate surface area is 299 Å². The third kappa shape index (κ3) is 4.26. The fourth-order valence-electron chi connectivity index (χ4n) is 8.90. The van der Waals surface area contributed by atoms with Crippen molar-refractivity contribution in [1.82, 2.24) is 15.0 Å². The minimum absolute atomic E-state index is 0.0791. The number of fused-ring (bicyclic) bond motifs is 11. The van der Waals surface area contributed by atoms with Crippen LogP contribution >= 0.6 is 0 Å². The zero-order valence-electron chi connectivity index (χ0n) is 28.2. The van der Waals surface area contributed by atoms with Crippen molar-refractivity contribution in [3.63, 3.8) is 0 Å². The van der Waals surface area contributed by atoms with E-state index in [0.29, 0.717) is 23.0 Å². The first kappa shape index (κ1) is 29.2. The largest absolute Gasteiger partial charge is 0.456 e. The molecule has 1 saturated carbocycles. The van der Waals surface area contributed by atoms with Crippen LogP contribution in [0.5, 0.6) is 0 Å². The van der Waals surface area contributed by atoms with Crippen molar-refractivity contribution in [2.75, 3.05) is 0 Å². The Morgan fingerprint density at radius 2 is 1.02 bits per heavy atom. The van der Waals surface area contributed by atoms with Gasteiger partial charge in [0.15, 0.2) is 17.5 Å². The van der Waals surface area contributed by atoms with Crippen molar-refractivity contribution >= 4 is 43.9 Å². The molecule has 2 aliphatic carbocycles. The van der Waals surface area contributed by atoms with Crippen LogP contribution in [0.2, 0.25) is 0 Å². The Bertz CT molecular complexity index is 2840. The van der Waals surface area contributed by atoms with Gasteiger partial charge in [-0.1, -0.05) is 86.0 Å². The van der Waals surface area contributed by atoms with Gasteiger partial charge in [0.2, 0.25) is 0 Å². The summed E-state index contributed by atoms with van der Waals surface area (Å²) < 4.78 is 12.6. The van der Waals surface area contributed by atoms with Crippen molar-refractivity contribution in [1.29, 1.82) is 5.26 Å². The normalized spacial score (nSPS) is 14.7. The summed E-state index contributed by atoms with van der Waals surface area (Å²) >= 11 is 0. The first-order valence-electron chi connectivity index (χ1n) is 17.9. The summed E-state index contributed by atoms with van der Waals surface area (Å²) in [6.45, 7) is 0. The van der Waals surface area contributed by atoms with E-state index in [4.69, 9.17) is 23.8 Å². The number of aromatic nitrogens is 3. The summed E-state index contributed by atoms with van der Waals surface area (Å²) in [6.07, 6.45) is 5.78. The van der Waals surface area contributed by atoms with Crippen LogP contribution in [0.1, 0.15) is 48.8 Å². The van der Waals surface area contributed by atoms with E-state index in [1.54, 1.807) is 0 Å². The maximum absolute atomic E-state index is 9.76. The lowest BCUT2D eigenvalue weighted by Crippen LogP contribution is -2.28. The monoisotopic (exact) mass is 670 g/mol. The number of para-hydroxylation sites is 2. The zero-order valence-corrected chi connectivity index (χ0v) is 28.2. The van der Waals surface area contributed by atoms with Gasteiger partial charge in [-0.3, -0.25) is 0 Å². The second-order valence-electron chi connectivity index (χ2n) is 14.2. The van der Waals surface area contributed by atoms with Crippen LogP contribution < -0.4 is 0 Å². The number of hydrogen-bond donors (Lipinski definition) is 0. The van der Waals surface area contributed by atoms with E-state index >= 15 is 0 Å². The predicted octanol–water partition coefficient (Wildman–Crippen LogP) is 11.8. The molecule has 246 valence electrons. The molecule has 0 atom stereocenters. The van der Waals surface area contributed by atoms with Crippen LogP contribution in [0.15, 0.2) is 130 Å². The van der Waals surface area contributed by atoms with Crippen molar-refractivity contribution < 1.29 is 8.83 Å². The minimum Gasteiger partial charge on any atom is -0.456 e.